The van der Waals surface area contributed by atoms with Crippen LogP contribution in [0.4, 0.5) is 0 Å². The first-order valence-electron chi connectivity index (χ1n) is 6.76. The van der Waals surface area contributed by atoms with Gasteiger partial charge in [-0.1, -0.05) is 46.3 Å². The van der Waals surface area contributed by atoms with E-state index in [1.807, 2.05) is 30.0 Å². The van der Waals surface area contributed by atoms with Crippen LogP contribution in [0.3, 0.4) is 0 Å². The first-order chi connectivity index (χ1) is 10.2. The fraction of sp³-hybridized carbons (Fsp3) is 0.294. The molecule has 21 heavy (non-hydrogen) atoms. The van der Waals surface area contributed by atoms with Crippen LogP contribution in [0.5, 0.6) is 0 Å². The number of benzene rings is 2. The SMILES string of the molecule is ClCC(CCl)(CCSc1ccccc1)c1cccc(Br)c1. The van der Waals surface area contributed by atoms with E-state index < -0.39 is 0 Å². The Bertz CT molecular complexity index is 556. The number of rotatable bonds is 7. The lowest BCUT2D eigenvalue weighted by Gasteiger charge is -2.30. The number of hydrogen-bond acceptors (Lipinski definition) is 1. The van der Waals surface area contributed by atoms with Crippen LogP contribution in [0.2, 0.25) is 0 Å². The fourth-order valence-electron chi connectivity index (χ4n) is 2.17. The Hall–Kier alpha value is -0.150. The maximum absolute atomic E-state index is 6.28. The van der Waals surface area contributed by atoms with Crippen LogP contribution in [0.1, 0.15) is 12.0 Å². The minimum atomic E-state index is -0.172. The molecule has 0 aromatic heterocycles. The van der Waals surface area contributed by atoms with Gasteiger partial charge in [-0.2, -0.15) is 0 Å². The summed E-state index contributed by atoms with van der Waals surface area (Å²) in [6.45, 7) is 0. The van der Waals surface area contributed by atoms with Gasteiger partial charge in [-0.3, -0.25) is 0 Å². The van der Waals surface area contributed by atoms with E-state index in [4.69, 9.17) is 23.2 Å². The van der Waals surface area contributed by atoms with Crippen molar-refractivity contribution in [1.29, 1.82) is 0 Å². The van der Waals surface area contributed by atoms with Crippen molar-refractivity contribution < 1.29 is 0 Å². The minimum absolute atomic E-state index is 0.172. The van der Waals surface area contributed by atoms with Crippen molar-refractivity contribution in [3.05, 3.63) is 64.6 Å². The Kier molecular flexibility index (Phi) is 6.94. The number of thioether (sulfide) groups is 1. The van der Waals surface area contributed by atoms with Crippen LogP contribution < -0.4 is 0 Å². The Morgan fingerprint density at radius 2 is 1.67 bits per heavy atom. The van der Waals surface area contributed by atoms with E-state index in [9.17, 15) is 0 Å². The summed E-state index contributed by atoms with van der Waals surface area (Å²) in [5, 5.41) is 0. The molecule has 0 saturated carbocycles. The molecule has 0 nitrogen and oxygen atoms in total. The van der Waals surface area contributed by atoms with Crippen LogP contribution in [-0.2, 0) is 5.41 Å². The summed E-state index contributed by atoms with van der Waals surface area (Å²) in [6.07, 6.45) is 0.954. The fourth-order valence-corrected chi connectivity index (χ4v) is 4.51. The van der Waals surface area contributed by atoms with E-state index >= 15 is 0 Å². The molecule has 0 aliphatic carbocycles. The maximum atomic E-state index is 6.28. The average Bonchev–Trinajstić information content (AvgIpc) is 2.53. The molecular weight excluding hydrogens is 387 g/mol. The third-order valence-corrected chi connectivity index (χ3v) is 6.07. The zero-order valence-electron chi connectivity index (χ0n) is 11.6. The molecule has 0 aliphatic rings. The summed E-state index contributed by atoms with van der Waals surface area (Å²) < 4.78 is 1.07. The molecule has 0 bridgehead atoms. The largest absolute Gasteiger partial charge is 0.126 e. The van der Waals surface area contributed by atoms with Gasteiger partial charge in [0.1, 0.15) is 0 Å². The Labute approximate surface area is 149 Å². The van der Waals surface area contributed by atoms with Gasteiger partial charge in [0.05, 0.1) is 0 Å². The van der Waals surface area contributed by atoms with Gasteiger partial charge in [0.2, 0.25) is 0 Å². The zero-order valence-corrected chi connectivity index (χ0v) is 15.5. The summed E-state index contributed by atoms with van der Waals surface area (Å²) >= 11 is 17.9. The van der Waals surface area contributed by atoms with Gasteiger partial charge in [0.15, 0.2) is 0 Å². The van der Waals surface area contributed by atoms with Gasteiger partial charge in [-0.05, 0) is 42.0 Å². The Balaban J connectivity index is 2.08. The standard InChI is InChI=1S/C17H17BrCl2S/c18-15-6-4-5-14(11-15)17(12-19,13-20)9-10-21-16-7-2-1-3-8-16/h1-8,11H,9-10,12-13H2. The molecule has 2 aromatic carbocycles. The van der Waals surface area contributed by atoms with Crippen LogP contribution in [0, 0.1) is 0 Å². The zero-order chi connectivity index (χ0) is 15.1. The highest BCUT2D eigenvalue weighted by atomic mass is 79.9. The number of halogens is 3. The van der Waals surface area contributed by atoms with Gasteiger partial charge >= 0.3 is 0 Å². The molecule has 0 fully saturated rings. The summed E-state index contributed by atoms with van der Waals surface area (Å²) in [6, 6.07) is 18.7. The van der Waals surface area contributed by atoms with Crippen molar-refractivity contribution in [3.63, 3.8) is 0 Å². The molecule has 0 radical (unpaired) electrons. The van der Waals surface area contributed by atoms with Crippen LogP contribution >= 0.6 is 50.9 Å². The van der Waals surface area contributed by atoms with Gasteiger partial charge in [-0.25, -0.2) is 0 Å². The lowest BCUT2D eigenvalue weighted by molar-refractivity contribution is 0.524. The second kappa shape index (κ2) is 8.47. The van der Waals surface area contributed by atoms with Crippen molar-refractivity contribution in [2.45, 2.75) is 16.7 Å². The van der Waals surface area contributed by atoms with Crippen molar-refractivity contribution in [2.24, 2.45) is 0 Å². The maximum Gasteiger partial charge on any atom is 0.0332 e. The third kappa shape index (κ3) is 4.66. The molecule has 0 heterocycles. The topological polar surface area (TPSA) is 0 Å². The van der Waals surface area contributed by atoms with E-state index in [1.54, 1.807) is 0 Å². The van der Waals surface area contributed by atoms with E-state index in [2.05, 4.69) is 52.3 Å². The normalized spacial score (nSPS) is 11.6. The Morgan fingerprint density at radius 3 is 2.29 bits per heavy atom. The van der Waals surface area contributed by atoms with E-state index in [1.165, 1.54) is 10.5 Å². The van der Waals surface area contributed by atoms with Gasteiger partial charge in [0.25, 0.3) is 0 Å². The molecule has 2 rings (SSSR count). The molecule has 0 aliphatic heterocycles. The van der Waals surface area contributed by atoms with E-state index in [0.717, 1.165) is 16.6 Å². The molecule has 4 heteroatoms. The summed E-state index contributed by atoms with van der Waals surface area (Å²) in [7, 11) is 0. The highest BCUT2D eigenvalue weighted by molar-refractivity contribution is 9.10. The van der Waals surface area contributed by atoms with E-state index in [0.29, 0.717) is 11.8 Å². The van der Waals surface area contributed by atoms with E-state index in [-0.39, 0.29) is 5.41 Å². The van der Waals surface area contributed by atoms with Crippen molar-refractivity contribution in [1.82, 2.24) is 0 Å². The molecule has 0 amide bonds. The van der Waals surface area contributed by atoms with Gasteiger partial charge in [0, 0.05) is 26.5 Å². The first-order valence-corrected chi connectivity index (χ1v) is 9.61. The quantitative estimate of drug-likeness (QED) is 0.383. The van der Waals surface area contributed by atoms with Crippen molar-refractivity contribution >= 4 is 50.9 Å². The highest BCUT2D eigenvalue weighted by Gasteiger charge is 2.30. The van der Waals surface area contributed by atoms with Crippen molar-refractivity contribution in [2.75, 3.05) is 17.5 Å². The Morgan fingerprint density at radius 1 is 0.952 bits per heavy atom. The average molecular weight is 404 g/mol. The van der Waals surface area contributed by atoms with Gasteiger partial charge < -0.3 is 0 Å². The monoisotopic (exact) mass is 402 g/mol. The number of hydrogen-bond donors (Lipinski definition) is 0. The lowest BCUT2D eigenvalue weighted by atomic mass is 9.82. The summed E-state index contributed by atoms with van der Waals surface area (Å²) in [4.78, 5) is 1.28. The predicted molar refractivity (Wildman–Crippen MR) is 99.0 cm³/mol. The van der Waals surface area contributed by atoms with Crippen molar-refractivity contribution in [3.8, 4) is 0 Å². The second-order valence-corrected chi connectivity index (χ2v) is 7.59. The number of alkyl halides is 2. The predicted octanol–water partition coefficient (Wildman–Crippen LogP) is 6.35. The molecule has 0 unspecified atom stereocenters. The lowest BCUT2D eigenvalue weighted by Crippen LogP contribution is -2.31. The minimum Gasteiger partial charge on any atom is -0.126 e. The molecule has 0 spiro atoms. The summed E-state index contributed by atoms with van der Waals surface area (Å²) in [5.74, 6) is 2.06. The third-order valence-electron chi connectivity index (χ3n) is 3.54. The first kappa shape index (κ1) is 17.2. The van der Waals surface area contributed by atoms with Crippen LogP contribution in [-0.4, -0.2) is 17.5 Å². The molecule has 0 saturated heterocycles. The highest BCUT2D eigenvalue weighted by Crippen LogP contribution is 2.35. The second-order valence-electron chi connectivity index (χ2n) is 4.97. The van der Waals surface area contributed by atoms with Crippen LogP contribution in [0.15, 0.2) is 64.0 Å². The molecular formula is C17H17BrCl2S. The molecule has 2 aromatic rings. The molecule has 0 atom stereocenters. The van der Waals surface area contributed by atoms with Gasteiger partial charge in [-0.15, -0.1) is 35.0 Å². The summed E-state index contributed by atoms with van der Waals surface area (Å²) in [5.41, 5.74) is 1.03. The smallest absolute Gasteiger partial charge is 0.0332 e. The van der Waals surface area contributed by atoms with Crippen LogP contribution in [0.25, 0.3) is 0 Å². The molecule has 0 N–H and O–H groups in total. The molecule has 112 valence electrons.